The highest BCUT2D eigenvalue weighted by atomic mass is 16.5. The van der Waals surface area contributed by atoms with Crippen molar-refractivity contribution < 1.29 is 9.53 Å². The van der Waals surface area contributed by atoms with Gasteiger partial charge in [-0.3, -0.25) is 9.78 Å². The summed E-state index contributed by atoms with van der Waals surface area (Å²) in [7, 11) is 3.83. The summed E-state index contributed by atoms with van der Waals surface area (Å²) in [6.07, 6.45) is 9.72. The minimum absolute atomic E-state index is 0.0675. The minimum Gasteiger partial charge on any atom is -0.378 e. The first kappa shape index (κ1) is 19.2. The van der Waals surface area contributed by atoms with Gasteiger partial charge in [0.15, 0.2) is 0 Å². The smallest absolute Gasteiger partial charge is 0.225 e. The van der Waals surface area contributed by atoms with Crippen LogP contribution in [-0.4, -0.2) is 54.2 Å². The molecule has 7 nitrogen and oxygen atoms in total. The summed E-state index contributed by atoms with van der Waals surface area (Å²) in [6, 6.07) is 3.88. The molecule has 0 bridgehead atoms. The lowest BCUT2D eigenvalue weighted by Crippen LogP contribution is -2.27. The zero-order valence-electron chi connectivity index (χ0n) is 16.0. The monoisotopic (exact) mass is 369 g/mol. The molecule has 7 heteroatoms. The molecule has 1 amide bonds. The molecule has 1 saturated heterocycles. The Labute approximate surface area is 160 Å². The van der Waals surface area contributed by atoms with Gasteiger partial charge in [0.05, 0.1) is 11.8 Å². The van der Waals surface area contributed by atoms with Crippen LogP contribution in [-0.2, 0) is 16.0 Å². The SMILES string of the molecule is CN(C)c1ncc(-c2ccncc2)c(CCNC(=O)CC[C@@H]2CCCO2)n1. The number of nitrogens with zero attached hydrogens (tertiary/aromatic N) is 4. The molecule has 3 heterocycles. The van der Waals surface area contributed by atoms with Gasteiger partial charge in [-0.05, 0) is 37.0 Å². The van der Waals surface area contributed by atoms with Crippen LogP contribution in [0.15, 0.2) is 30.7 Å². The molecule has 0 radical (unpaired) electrons. The Morgan fingerprint density at radius 2 is 2.15 bits per heavy atom. The maximum atomic E-state index is 12.1. The predicted molar refractivity (Wildman–Crippen MR) is 105 cm³/mol. The first-order chi connectivity index (χ1) is 13.1. The van der Waals surface area contributed by atoms with E-state index in [1.165, 1.54) is 0 Å². The van der Waals surface area contributed by atoms with Gasteiger partial charge in [0, 0.05) is 64.2 Å². The fraction of sp³-hybridized carbons (Fsp3) is 0.500. The zero-order chi connectivity index (χ0) is 19.1. The van der Waals surface area contributed by atoms with Gasteiger partial charge in [-0.1, -0.05) is 0 Å². The Kier molecular flexibility index (Phi) is 6.70. The highest BCUT2D eigenvalue weighted by molar-refractivity contribution is 5.76. The molecule has 1 N–H and O–H groups in total. The van der Waals surface area contributed by atoms with Crippen molar-refractivity contribution in [3.63, 3.8) is 0 Å². The van der Waals surface area contributed by atoms with Crippen LogP contribution >= 0.6 is 0 Å². The van der Waals surface area contributed by atoms with Crippen LogP contribution in [0.25, 0.3) is 11.1 Å². The van der Waals surface area contributed by atoms with E-state index in [-0.39, 0.29) is 12.0 Å². The lowest BCUT2D eigenvalue weighted by Gasteiger charge is -2.15. The molecular formula is C20H27N5O2. The van der Waals surface area contributed by atoms with Crippen molar-refractivity contribution in [1.29, 1.82) is 0 Å². The van der Waals surface area contributed by atoms with Gasteiger partial charge in [0.2, 0.25) is 11.9 Å². The lowest BCUT2D eigenvalue weighted by molar-refractivity contribution is -0.121. The Balaban J connectivity index is 1.60. The number of carbonyl (C=O) groups is 1. The summed E-state index contributed by atoms with van der Waals surface area (Å²) in [4.78, 5) is 27.2. The number of carbonyl (C=O) groups excluding carboxylic acids is 1. The first-order valence-corrected chi connectivity index (χ1v) is 9.45. The third-order valence-corrected chi connectivity index (χ3v) is 4.65. The summed E-state index contributed by atoms with van der Waals surface area (Å²) in [6.45, 7) is 1.37. The number of ether oxygens (including phenoxy) is 1. The highest BCUT2D eigenvalue weighted by Crippen LogP contribution is 2.23. The Morgan fingerprint density at radius 3 is 2.85 bits per heavy atom. The van der Waals surface area contributed by atoms with E-state index in [2.05, 4.69) is 20.3 Å². The molecular weight excluding hydrogens is 342 g/mol. The molecule has 144 valence electrons. The topological polar surface area (TPSA) is 80.2 Å². The fourth-order valence-electron chi connectivity index (χ4n) is 3.16. The van der Waals surface area contributed by atoms with Gasteiger partial charge in [-0.25, -0.2) is 9.97 Å². The maximum absolute atomic E-state index is 12.1. The molecule has 0 aromatic carbocycles. The predicted octanol–water partition coefficient (Wildman–Crippen LogP) is 2.22. The molecule has 0 unspecified atom stereocenters. The normalized spacial score (nSPS) is 16.3. The molecule has 1 aliphatic rings. The number of hydrogen-bond donors (Lipinski definition) is 1. The van der Waals surface area contributed by atoms with Crippen LogP contribution in [0.2, 0.25) is 0 Å². The second kappa shape index (κ2) is 9.41. The van der Waals surface area contributed by atoms with Crippen LogP contribution in [0.1, 0.15) is 31.4 Å². The van der Waals surface area contributed by atoms with E-state index in [1.807, 2.05) is 37.3 Å². The number of pyridine rings is 1. The molecule has 1 atom stereocenters. The van der Waals surface area contributed by atoms with Crippen molar-refractivity contribution in [2.75, 3.05) is 32.1 Å². The molecule has 3 rings (SSSR count). The van der Waals surface area contributed by atoms with Crippen LogP contribution in [0.4, 0.5) is 5.95 Å². The van der Waals surface area contributed by atoms with Crippen LogP contribution in [0.5, 0.6) is 0 Å². The van der Waals surface area contributed by atoms with Gasteiger partial charge >= 0.3 is 0 Å². The largest absolute Gasteiger partial charge is 0.378 e. The Hall–Kier alpha value is -2.54. The van der Waals surface area contributed by atoms with Gasteiger partial charge in [-0.2, -0.15) is 0 Å². The van der Waals surface area contributed by atoms with Crippen LogP contribution < -0.4 is 10.2 Å². The number of hydrogen-bond acceptors (Lipinski definition) is 6. The summed E-state index contributed by atoms with van der Waals surface area (Å²) in [5.41, 5.74) is 2.91. The minimum atomic E-state index is 0.0675. The number of aromatic nitrogens is 3. The van der Waals surface area contributed by atoms with Crippen LogP contribution in [0, 0.1) is 0 Å². The molecule has 0 spiro atoms. The Morgan fingerprint density at radius 1 is 1.33 bits per heavy atom. The Bertz CT molecular complexity index is 745. The van der Waals surface area contributed by atoms with Gasteiger partial charge in [0.1, 0.15) is 0 Å². The molecule has 0 saturated carbocycles. The van der Waals surface area contributed by atoms with E-state index < -0.39 is 0 Å². The second-order valence-electron chi connectivity index (χ2n) is 6.93. The molecule has 27 heavy (non-hydrogen) atoms. The summed E-state index contributed by atoms with van der Waals surface area (Å²) < 4.78 is 5.57. The molecule has 1 fully saturated rings. The quantitative estimate of drug-likeness (QED) is 0.769. The fourth-order valence-corrected chi connectivity index (χ4v) is 3.16. The molecule has 2 aromatic heterocycles. The van der Waals surface area contributed by atoms with E-state index in [0.717, 1.165) is 42.7 Å². The van der Waals surface area contributed by atoms with Crippen molar-refractivity contribution in [3.8, 4) is 11.1 Å². The third kappa shape index (κ3) is 5.47. The molecule has 2 aromatic rings. The lowest BCUT2D eigenvalue weighted by atomic mass is 10.1. The van der Waals surface area contributed by atoms with Crippen LogP contribution in [0.3, 0.4) is 0 Å². The average Bonchev–Trinajstić information content (AvgIpc) is 3.20. The van der Waals surface area contributed by atoms with Gasteiger partial charge in [0.25, 0.3) is 0 Å². The zero-order valence-corrected chi connectivity index (χ0v) is 16.0. The van der Waals surface area contributed by atoms with E-state index >= 15 is 0 Å². The first-order valence-electron chi connectivity index (χ1n) is 9.45. The summed E-state index contributed by atoms with van der Waals surface area (Å²) in [5.74, 6) is 0.727. The van der Waals surface area contributed by atoms with Crippen molar-refractivity contribution in [1.82, 2.24) is 20.3 Å². The van der Waals surface area contributed by atoms with Crippen molar-refractivity contribution in [3.05, 3.63) is 36.4 Å². The molecule has 1 aliphatic heterocycles. The standard InChI is InChI=1S/C20H27N5O2/c1-25(2)20-23-14-17(15-7-10-21-11-8-15)18(24-20)9-12-22-19(26)6-5-16-4-3-13-27-16/h7-8,10-11,14,16H,3-6,9,12-13H2,1-2H3,(H,22,26)/t16-/m0/s1. The van der Waals surface area contributed by atoms with E-state index in [4.69, 9.17) is 4.74 Å². The number of anilines is 1. The van der Waals surface area contributed by atoms with Crippen molar-refractivity contribution >= 4 is 11.9 Å². The number of nitrogens with one attached hydrogen (secondary N) is 1. The summed E-state index contributed by atoms with van der Waals surface area (Å²) >= 11 is 0. The van der Waals surface area contributed by atoms with Crippen molar-refractivity contribution in [2.45, 2.75) is 38.2 Å². The van der Waals surface area contributed by atoms with Gasteiger partial charge < -0.3 is 15.0 Å². The molecule has 0 aliphatic carbocycles. The van der Waals surface area contributed by atoms with E-state index in [0.29, 0.717) is 25.3 Å². The maximum Gasteiger partial charge on any atom is 0.225 e. The van der Waals surface area contributed by atoms with E-state index in [1.54, 1.807) is 12.4 Å². The summed E-state index contributed by atoms with van der Waals surface area (Å²) in [5, 5.41) is 3.00. The number of rotatable bonds is 8. The number of amides is 1. The highest BCUT2D eigenvalue weighted by Gasteiger charge is 2.17. The third-order valence-electron chi connectivity index (χ3n) is 4.65. The van der Waals surface area contributed by atoms with Gasteiger partial charge in [-0.15, -0.1) is 0 Å². The average molecular weight is 369 g/mol. The van der Waals surface area contributed by atoms with E-state index in [9.17, 15) is 4.79 Å². The van der Waals surface area contributed by atoms with Crippen molar-refractivity contribution in [2.24, 2.45) is 0 Å². The second-order valence-corrected chi connectivity index (χ2v) is 6.93.